The molecule has 2 heterocycles. The Morgan fingerprint density at radius 1 is 0.625 bits per heavy atom. The highest BCUT2D eigenvalue weighted by molar-refractivity contribution is 6.09. The molecule has 158 valence electrons. The van der Waals surface area contributed by atoms with Crippen LogP contribution in [0.4, 0.5) is 17.1 Å². The third-order valence-electron chi connectivity index (χ3n) is 7.29. The third kappa shape index (κ3) is 2.53. The van der Waals surface area contributed by atoms with Crippen molar-refractivity contribution in [1.29, 1.82) is 0 Å². The maximum absolute atomic E-state index is 2.45. The minimum atomic E-state index is -0.0528. The highest BCUT2D eigenvalue weighted by atomic mass is 15.2. The molecule has 4 aromatic carbocycles. The summed E-state index contributed by atoms with van der Waals surface area (Å²) in [5.41, 5.74) is 11.6. The number of aryl methyl sites for hydroxylation is 3. The molecule has 0 spiro atoms. The molecule has 0 saturated carbocycles. The van der Waals surface area contributed by atoms with Crippen LogP contribution in [-0.2, 0) is 12.5 Å². The van der Waals surface area contributed by atoms with Gasteiger partial charge in [0.2, 0.25) is 0 Å². The number of para-hydroxylation sites is 1. The number of nitrogens with zero attached hydrogens (tertiary/aromatic N) is 2. The molecule has 0 unspecified atom stereocenters. The minimum absolute atomic E-state index is 0.0528. The molecule has 0 atom stereocenters. The molecule has 0 radical (unpaired) electrons. The Hall–Kier alpha value is -3.52. The molecular formula is C30H28N2. The lowest BCUT2D eigenvalue weighted by Crippen LogP contribution is -2.30. The van der Waals surface area contributed by atoms with Gasteiger partial charge in [0.1, 0.15) is 0 Å². The van der Waals surface area contributed by atoms with Gasteiger partial charge >= 0.3 is 0 Å². The second-order valence-corrected chi connectivity index (χ2v) is 9.78. The van der Waals surface area contributed by atoms with Crippen LogP contribution in [0, 0.1) is 13.8 Å². The number of fused-ring (bicyclic) bond motifs is 5. The Morgan fingerprint density at radius 3 is 1.88 bits per heavy atom. The number of benzene rings is 4. The summed E-state index contributed by atoms with van der Waals surface area (Å²) in [7, 11) is 2.16. The predicted octanol–water partition coefficient (Wildman–Crippen LogP) is 8.06. The molecule has 1 aliphatic heterocycles. The van der Waals surface area contributed by atoms with Crippen LogP contribution >= 0.6 is 0 Å². The van der Waals surface area contributed by atoms with Crippen molar-refractivity contribution in [3.05, 3.63) is 101 Å². The molecule has 5 aromatic rings. The minimum Gasteiger partial charge on any atom is -0.344 e. The van der Waals surface area contributed by atoms with E-state index < -0.39 is 0 Å². The first-order valence-corrected chi connectivity index (χ1v) is 11.4. The molecule has 0 saturated heterocycles. The van der Waals surface area contributed by atoms with E-state index >= 15 is 0 Å². The number of aromatic nitrogens is 1. The molecule has 2 heteroatoms. The van der Waals surface area contributed by atoms with Crippen molar-refractivity contribution < 1.29 is 0 Å². The van der Waals surface area contributed by atoms with E-state index in [1.807, 2.05) is 0 Å². The fraction of sp³-hybridized carbons (Fsp3) is 0.200. The normalized spacial score (nSPS) is 14.6. The largest absolute Gasteiger partial charge is 0.344 e. The van der Waals surface area contributed by atoms with Gasteiger partial charge in [0.15, 0.2) is 0 Å². The number of anilines is 3. The molecule has 0 N–H and O–H groups in total. The summed E-state index contributed by atoms with van der Waals surface area (Å²) in [6, 6.07) is 29.4. The number of hydrogen-bond acceptors (Lipinski definition) is 1. The van der Waals surface area contributed by atoms with Crippen LogP contribution in [-0.4, -0.2) is 4.57 Å². The van der Waals surface area contributed by atoms with Gasteiger partial charge < -0.3 is 9.47 Å². The summed E-state index contributed by atoms with van der Waals surface area (Å²) in [5.74, 6) is 0. The van der Waals surface area contributed by atoms with Gasteiger partial charge in [-0.1, -0.05) is 67.4 Å². The molecular weight excluding hydrogens is 388 g/mol. The van der Waals surface area contributed by atoms with E-state index in [0.717, 1.165) is 0 Å². The van der Waals surface area contributed by atoms with Gasteiger partial charge in [-0.25, -0.2) is 0 Å². The van der Waals surface area contributed by atoms with E-state index in [9.17, 15) is 0 Å². The second kappa shape index (κ2) is 6.49. The quantitative estimate of drug-likeness (QED) is 0.268. The van der Waals surface area contributed by atoms with Crippen LogP contribution in [0.1, 0.15) is 36.1 Å². The van der Waals surface area contributed by atoms with E-state index in [0.29, 0.717) is 0 Å². The first-order valence-electron chi connectivity index (χ1n) is 11.4. The van der Waals surface area contributed by atoms with E-state index in [2.05, 4.69) is 123 Å². The Kier molecular flexibility index (Phi) is 3.89. The zero-order valence-corrected chi connectivity index (χ0v) is 19.4. The van der Waals surface area contributed by atoms with E-state index in [4.69, 9.17) is 0 Å². The van der Waals surface area contributed by atoms with Gasteiger partial charge in [0.05, 0.1) is 11.4 Å². The van der Waals surface area contributed by atoms with Gasteiger partial charge in [-0.2, -0.15) is 0 Å². The van der Waals surface area contributed by atoms with Crippen molar-refractivity contribution in [2.24, 2.45) is 7.05 Å². The van der Waals surface area contributed by atoms with E-state index in [1.165, 1.54) is 61.1 Å². The molecule has 0 fully saturated rings. The van der Waals surface area contributed by atoms with Gasteiger partial charge in [-0.15, -0.1) is 0 Å². The highest BCUT2D eigenvalue weighted by Crippen LogP contribution is 2.52. The molecule has 1 aromatic heterocycles. The van der Waals surface area contributed by atoms with Crippen LogP contribution < -0.4 is 4.90 Å². The summed E-state index contributed by atoms with van der Waals surface area (Å²) >= 11 is 0. The van der Waals surface area contributed by atoms with Gasteiger partial charge in [0.25, 0.3) is 0 Å². The first-order chi connectivity index (χ1) is 15.4. The topological polar surface area (TPSA) is 8.17 Å². The fourth-order valence-electron chi connectivity index (χ4n) is 5.54. The Labute approximate surface area is 189 Å². The fourth-order valence-corrected chi connectivity index (χ4v) is 5.54. The Morgan fingerprint density at radius 2 is 1.22 bits per heavy atom. The summed E-state index contributed by atoms with van der Waals surface area (Å²) in [5, 5.41) is 2.60. The predicted molar refractivity (Wildman–Crippen MR) is 137 cm³/mol. The Balaban J connectivity index is 1.67. The average molecular weight is 417 g/mol. The van der Waals surface area contributed by atoms with Crippen LogP contribution in [0.5, 0.6) is 0 Å². The summed E-state index contributed by atoms with van der Waals surface area (Å²) in [6.45, 7) is 9.09. The molecule has 6 rings (SSSR count). The molecule has 32 heavy (non-hydrogen) atoms. The van der Waals surface area contributed by atoms with Crippen LogP contribution in [0.15, 0.2) is 78.9 Å². The van der Waals surface area contributed by atoms with Crippen molar-refractivity contribution in [2.45, 2.75) is 33.1 Å². The van der Waals surface area contributed by atoms with Crippen molar-refractivity contribution in [3.8, 4) is 0 Å². The van der Waals surface area contributed by atoms with Crippen LogP contribution in [0.25, 0.3) is 21.8 Å². The van der Waals surface area contributed by atoms with Gasteiger partial charge in [0, 0.05) is 40.0 Å². The van der Waals surface area contributed by atoms with Crippen molar-refractivity contribution in [2.75, 3.05) is 4.90 Å². The Bertz CT molecular complexity index is 1480. The standard InChI is InChI=1S/C30H28N2/c1-19-10-13-28-24(16-19)30(3,4)25-17-20(2)11-14-29(25)32(28)21-12-15-27-23(18-21)22-8-6-7-9-26(22)31(27)5/h6-18H,1-5H3. The molecule has 0 aliphatic carbocycles. The number of hydrogen-bond donors (Lipinski definition) is 0. The lowest BCUT2D eigenvalue weighted by molar-refractivity contribution is 0.630. The lowest BCUT2D eigenvalue weighted by Gasteiger charge is -2.42. The van der Waals surface area contributed by atoms with Crippen molar-refractivity contribution in [1.82, 2.24) is 4.57 Å². The van der Waals surface area contributed by atoms with Crippen LogP contribution in [0.2, 0.25) is 0 Å². The molecule has 0 amide bonds. The van der Waals surface area contributed by atoms with E-state index in [-0.39, 0.29) is 5.41 Å². The summed E-state index contributed by atoms with van der Waals surface area (Å²) < 4.78 is 2.29. The number of rotatable bonds is 1. The SMILES string of the molecule is Cc1ccc2c(c1)C(C)(C)c1cc(C)ccc1N2c1ccc2c(c1)c1ccccc1n2C. The van der Waals surface area contributed by atoms with Crippen molar-refractivity contribution >= 4 is 38.9 Å². The average Bonchev–Trinajstić information content (AvgIpc) is 3.07. The first kappa shape index (κ1) is 19.2. The zero-order chi connectivity index (χ0) is 22.2. The summed E-state index contributed by atoms with van der Waals surface area (Å²) in [6.07, 6.45) is 0. The molecule has 1 aliphatic rings. The van der Waals surface area contributed by atoms with E-state index in [1.54, 1.807) is 0 Å². The summed E-state index contributed by atoms with van der Waals surface area (Å²) in [4.78, 5) is 2.45. The lowest BCUT2D eigenvalue weighted by atomic mass is 9.72. The maximum atomic E-state index is 2.45. The molecule has 0 bridgehead atoms. The smallest absolute Gasteiger partial charge is 0.0502 e. The molecule has 2 nitrogen and oxygen atoms in total. The zero-order valence-electron chi connectivity index (χ0n) is 19.4. The highest BCUT2D eigenvalue weighted by Gasteiger charge is 2.37. The third-order valence-corrected chi connectivity index (χ3v) is 7.29. The maximum Gasteiger partial charge on any atom is 0.0502 e. The van der Waals surface area contributed by atoms with Gasteiger partial charge in [-0.3, -0.25) is 0 Å². The van der Waals surface area contributed by atoms with Crippen LogP contribution in [0.3, 0.4) is 0 Å². The monoisotopic (exact) mass is 416 g/mol. The second-order valence-electron chi connectivity index (χ2n) is 9.78. The van der Waals surface area contributed by atoms with Gasteiger partial charge in [-0.05, 0) is 61.4 Å². The van der Waals surface area contributed by atoms with Crippen molar-refractivity contribution in [3.63, 3.8) is 0 Å².